The normalized spacial score (nSPS) is 10.2. The Kier molecular flexibility index (Phi) is 3.24. The number of nitrogens with two attached hydrogens (primary N) is 2. The molecule has 0 aliphatic heterocycles. The fraction of sp³-hybridized carbons (Fsp3) is 0.0769. The van der Waals surface area contributed by atoms with Crippen LogP contribution in [-0.4, -0.2) is 4.92 Å². The third-order valence-corrected chi connectivity index (χ3v) is 2.65. The molecule has 0 aliphatic carbocycles. The summed E-state index contributed by atoms with van der Waals surface area (Å²) >= 11 is 0. The maximum atomic E-state index is 10.9. The Balaban J connectivity index is 2.35. The van der Waals surface area contributed by atoms with Gasteiger partial charge in [-0.2, -0.15) is 0 Å². The Morgan fingerprint density at radius 3 is 2.32 bits per heavy atom. The molecule has 0 bridgehead atoms. The molecule has 2 aromatic carbocycles. The summed E-state index contributed by atoms with van der Waals surface area (Å²) in [5.41, 5.74) is 12.4. The number of ether oxygens (including phenoxy) is 1. The van der Waals surface area contributed by atoms with Crippen LogP contribution in [0.4, 0.5) is 17.1 Å². The fourth-order valence-electron chi connectivity index (χ4n) is 1.63. The highest BCUT2D eigenvalue weighted by molar-refractivity contribution is 5.65. The van der Waals surface area contributed by atoms with Crippen LogP contribution in [0.25, 0.3) is 0 Å². The maximum absolute atomic E-state index is 10.9. The summed E-state index contributed by atoms with van der Waals surface area (Å²) in [5.74, 6) is 0.913. The van der Waals surface area contributed by atoms with Crippen molar-refractivity contribution in [2.75, 3.05) is 11.5 Å². The summed E-state index contributed by atoms with van der Waals surface area (Å²) in [7, 11) is 0. The zero-order chi connectivity index (χ0) is 14.0. The molecule has 0 fully saturated rings. The quantitative estimate of drug-likeness (QED) is 0.501. The van der Waals surface area contributed by atoms with Crippen LogP contribution in [0.1, 0.15) is 5.56 Å². The molecule has 0 spiro atoms. The number of nitro groups is 1. The minimum absolute atomic E-state index is 0.148. The van der Waals surface area contributed by atoms with E-state index >= 15 is 0 Å². The van der Waals surface area contributed by atoms with Gasteiger partial charge in [0.2, 0.25) is 0 Å². The smallest absolute Gasteiger partial charge is 0.296 e. The lowest BCUT2D eigenvalue weighted by molar-refractivity contribution is -0.384. The average Bonchev–Trinajstić information content (AvgIpc) is 2.36. The molecule has 0 amide bonds. The van der Waals surface area contributed by atoms with Crippen LogP contribution in [0, 0.1) is 17.0 Å². The standard InChI is InChI=1S/C13H13N3O3/c1-8-6-11(7-12(13(8)15)16(17)18)19-10-4-2-9(14)3-5-10/h2-7H,14-15H2,1H3. The molecule has 6 nitrogen and oxygen atoms in total. The van der Waals surface area contributed by atoms with E-state index < -0.39 is 4.92 Å². The molecule has 19 heavy (non-hydrogen) atoms. The van der Waals surface area contributed by atoms with Crippen LogP contribution in [0.2, 0.25) is 0 Å². The summed E-state index contributed by atoms with van der Waals surface area (Å²) in [4.78, 5) is 10.3. The summed E-state index contributed by atoms with van der Waals surface area (Å²) in [6, 6.07) is 9.71. The first-order valence-corrected chi connectivity index (χ1v) is 5.55. The molecule has 0 aromatic heterocycles. The Bertz CT molecular complexity index is 624. The van der Waals surface area contributed by atoms with Crippen LogP contribution in [-0.2, 0) is 0 Å². The van der Waals surface area contributed by atoms with Gasteiger partial charge in [0.05, 0.1) is 11.0 Å². The van der Waals surface area contributed by atoms with Gasteiger partial charge < -0.3 is 16.2 Å². The van der Waals surface area contributed by atoms with Crippen LogP contribution >= 0.6 is 0 Å². The van der Waals surface area contributed by atoms with Gasteiger partial charge in [0.15, 0.2) is 0 Å². The number of anilines is 2. The molecular weight excluding hydrogens is 246 g/mol. The van der Waals surface area contributed by atoms with E-state index in [9.17, 15) is 10.1 Å². The van der Waals surface area contributed by atoms with E-state index in [1.165, 1.54) is 6.07 Å². The lowest BCUT2D eigenvalue weighted by Gasteiger charge is -2.08. The molecule has 4 N–H and O–H groups in total. The molecule has 0 saturated heterocycles. The average molecular weight is 259 g/mol. The van der Waals surface area contributed by atoms with E-state index in [4.69, 9.17) is 16.2 Å². The zero-order valence-corrected chi connectivity index (χ0v) is 10.3. The molecule has 0 radical (unpaired) electrons. The molecule has 0 heterocycles. The second kappa shape index (κ2) is 4.85. The van der Waals surface area contributed by atoms with Crippen molar-refractivity contribution in [3.8, 4) is 11.5 Å². The molecule has 0 saturated carbocycles. The molecule has 0 unspecified atom stereocenters. The van der Waals surface area contributed by atoms with Crippen LogP contribution in [0.15, 0.2) is 36.4 Å². The van der Waals surface area contributed by atoms with Crippen molar-refractivity contribution >= 4 is 17.1 Å². The zero-order valence-electron chi connectivity index (χ0n) is 10.3. The number of aryl methyl sites for hydroxylation is 1. The lowest BCUT2D eigenvalue weighted by Crippen LogP contribution is -1.99. The molecule has 2 rings (SSSR count). The number of hydrogen-bond acceptors (Lipinski definition) is 5. The maximum Gasteiger partial charge on any atom is 0.296 e. The highest BCUT2D eigenvalue weighted by atomic mass is 16.6. The molecule has 98 valence electrons. The first-order chi connectivity index (χ1) is 8.97. The number of nitro benzene ring substituents is 1. The van der Waals surface area contributed by atoms with E-state index in [1.807, 2.05) is 0 Å². The van der Waals surface area contributed by atoms with Crippen LogP contribution in [0.3, 0.4) is 0 Å². The first kappa shape index (κ1) is 12.7. The lowest BCUT2D eigenvalue weighted by atomic mass is 10.1. The first-order valence-electron chi connectivity index (χ1n) is 5.55. The third-order valence-electron chi connectivity index (χ3n) is 2.65. The third kappa shape index (κ3) is 2.74. The highest BCUT2D eigenvalue weighted by Crippen LogP contribution is 2.32. The SMILES string of the molecule is Cc1cc(Oc2ccc(N)cc2)cc([N+](=O)[O-])c1N. The van der Waals surface area contributed by atoms with E-state index in [2.05, 4.69) is 0 Å². The highest BCUT2D eigenvalue weighted by Gasteiger charge is 2.16. The predicted molar refractivity (Wildman–Crippen MR) is 73.2 cm³/mol. The van der Waals surface area contributed by atoms with Crippen molar-refractivity contribution in [3.05, 3.63) is 52.1 Å². The summed E-state index contributed by atoms with van der Waals surface area (Å²) in [6.07, 6.45) is 0. The second-order valence-electron chi connectivity index (χ2n) is 4.10. The van der Waals surface area contributed by atoms with E-state index in [1.54, 1.807) is 37.3 Å². The van der Waals surface area contributed by atoms with Gasteiger partial charge in [-0.15, -0.1) is 0 Å². The van der Waals surface area contributed by atoms with E-state index in [0.29, 0.717) is 22.7 Å². The second-order valence-corrected chi connectivity index (χ2v) is 4.10. The van der Waals surface area contributed by atoms with Crippen LogP contribution in [0.5, 0.6) is 11.5 Å². The number of hydrogen-bond donors (Lipinski definition) is 2. The Hall–Kier alpha value is -2.76. The van der Waals surface area contributed by atoms with Crippen molar-refractivity contribution in [3.63, 3.8) is 0 Å². The molecule has 6 heteroatoms. The van der Waals surface area contributed by atoms with Gasteiger partial charge in [0, 0.05) is 5.69 Å². The van der Waals surface area contributed by atoms with Crippen molar-refractivity contribution in [1.82, 2.24) is 0 Å². The van der Waals surface area contributed by atoms with Crippen molar-refractivity contribution in [2.24, 2.45) is 0 Å². The van der Waals surface area contributed by atoms with Gasteiger partial charge in [-0.25, -0.2) is 0 Å². The van der Waals surface area contributed by atoms with Gasteiger partial charge in [-0.3, -0.25) is 10.1 Å². The van der Waals surface area contributed by atoms with Gasteiger partial charge in [-0.1, -0.05) is 0 Å². The predicted octanol–water partition coefficient (Wildman–Crippen LogP) is 2.86. The summed E-state index contributed by atoms with van der Waals surface area (Å²) in [5, 5.41) is 10.9. The van der Waals surface area contributed by atoms with Crippen molar-refractivity contribution in [1.29, 1.82) is 0 Å². The fourth-order valence-corrected chi connectivity index (χ4v) is 1.63. The summed E-state index contributed by atoms with van der Waals surface area (Å²) < 4.78 is 5.54. The number of nitrogen functional groups attached to an aromatic ring is 2. The molecule has 2 aromatic rings. The molecular formula is C13H13N3O3. The number of benzene rings is 2. The van der Waals surface area contributed by atoms with Gasteiger partial charge >= 0.3 is 0 Å². The Morgan fingerprint density at radius 1 is 1.11 bits per heavy atom. The Labute approximate surface area is 109 Å². The molecule has 0 atom stereocenters. The minimum atomic E-state index is -0.530. The van der Waals surface area contributed by atoms with Crippen LogP contribution < -0.4 is 16.2 Å². The monoisotopic (exact) mass is 259 g/mol. The topological polar surface area (TPSA) is 104 Å². The van der Waals surface area contributed by atoms with E-state index in [0.717, 1.165) is 0 Å². The van der Waals surface area contributed by atoms with Gasteiger partial charge in [0.1, 0.15) is 17.2 Å². The largest absolute Gasteiger partial charge is 0.457 e. The number of rotatable bonds is 3. The van der Waals surface area contributed by atoms with Crippen molar-refractivity contribution in [2.45, 2.75) is 6.92 Å². The van der Waals surface area contributed by atoms with Crippen molar-refractivity contribution < 1.29 is 9.66 Å². The van der Waals surface area contributed by atoms with Gasteiger partial charge in [-0.05, 0) is 42.8 Å². The summed E-state index contributed by atoms with van der Waals surface area (Å²) in [6.45, 7) is 1.69. The molecule has 0 aliphatic rings. The number of nitrogens with zero attached hydrogens (tertiary/aromatic N) is 1. The van der Waals surface area contributed by atoms with Gasteiger partial charge in [0.25, 0.3) is 5.69 Å². The van der Waals surface area contributed by atoms with E-state index in [-0.39, 0.29) is 11.4 Å². The minimum Gasteiger partial charge on any atom is -0.457 e. The Morgan fingerprint density at radius 2 is 1.74 bits per heavy atom.